The number of nitrogens with zero attached hydrogens (tertiary/aromatic N) is 6. The van der Waals surface area contributed by atoms with Gasteiger partial charge >= 0.3 is 6.03 Å². The molecule has 2 aromatic heterocycles. The number of likely N-dealkylation sites (tertiary alicyclic amines) is 1. The molecule has 4 heterocycles. The monoisotopic (exact) mass is 566 g/mol. The van der Waals surface area contributed by atoms with Gasteiger partial charge in [0.1, 0.15) is 5.69 Å². The van der Waals surface area contributed by atoms with E-state index in [4.69, 9.17) is 14.8 Å². The molecule has 0 saturated carbocycles. The molecule has 0 atom stereocenters. The van der Waals surface area contributed by atoms with Crippen molar-refractivity contribution in [3.8, 4) is 22.5 Å². The molecule has 4 aromatic rings. The average molecular weight is 567 g/mol. The highest BCUT2D eigenvalue weighted by molar-refractivity contribution is 5.90. The molecular formula is C32H38N8O2. The Morgan fingerprint density at radius 1 is 0.976 bits per heavy atom. The fraction of sp³-hybridized carbons (Fsp3) is 0.375. The second-order valence-electron chi connectivity index (χ2n) is 10.7. The van der Waals surface area contributed by atoms with E-state index in [1.807, 2.05) is 52.2 Å². The van der Waals surface area contributed by atoms with Crippen molar-refractivity contribution >= 4 is 23.4 Å². The molecular weight excluding hydrogens is 528 g/mol. The van der Waals surface area contributed by atoms with Gasteiger partial charge in [-0.15, -0.1) is 0 Å². The molecule has 42 heavy (non-hydrogen) atoms. The van der Waals surface area contributed by atoms with Gasteiger partial charge in [0.25, 0.3) is 0 Å². The summed E-state index contributed by atoms with van der Waals surface area (Å²) < 4.78 is 7.38. The topological polar surface area (TPSA) is 100 Å². The van der Waals surface area contributed by atoms with E-state index in [-0.39, 0.29) is 6.03 Å². The summed E-state index contributed by atoms with van der Waals surface area (Å²) in [6.45, 7) is 9.09. The minimum absolute atomic E-state index is 0.0418. The van der Waals surface area contributed by atoms with Crippen LogP contribution in [-0.2, 0) is 17.7 Å². The lowest BCUT2D eigenvalue weighted by Crippen LogP contribution is -2.37. The smallest absolute Gasteiger partial charge is 0.321 e. The van der Waals surface area contributed by atoms with Crippen LogP contribution in [0.5, 0.6) is 0 Å². The fourth-order valence-electron chi connectivity index (χ4n) is 5.43. The molecule has 10 nitrogen and oxygen atoms in total. The third kappa shape index (κ3) is 6.78. The summed E-state index contributed by atoms with van der Waals surface area (Å²) in [5.41, 5.74) is 6.51. The number of aryl methyl sites for hydroxylation is 1. The number of anilines is 3. The number of ether oxygens (including phenoxy) is 1. The molecule has 2 fully saturated rings. The highest BCUT2D eigenvalue weighted by Gasteiger charge is 2.19. The number of morpholine rings is 1. The first kappa shape index (κ1) is 27.9. The first-order valence-corrected chi connectivity index (χ1v) is 14.9. The number of carbonyl (C=O) groups excluding carboxylic acids is 1. The lowest BCUT2D eigenvalue weighted by atomic mass is 10.1. The predicted molar refractivity (Wildman–Crippen MR) is 165 cm³/mol. The van der Waals surface area contributed by atoms with Gasteiger partial charge in [-0.25, -0.2) is 14.8 Å². The lowest BCUT2D eigenvalue weighted by molar-refractivity contribution is 0.0384. The van der Waals surface area contributed by atoms with Crippen LogP contribution < -0.4 is 10.6 Å². The third-order valence-electron chi connectivity index (χ3n) is 7.82. The number of hydrogen-bond donors (Lipinski definition) is 2. The van der Waals surface area contributed by atoms with Gasteiger partial charge in [0.15, 0.2) is 0 Å². The SMILES string of the molecule is CCn1cc(-c2ccnc(Nc3cccc(CCN4CCOCC4)c3)n2)c(-c2ccc(NC(=O)N3CCCC3)cc2)n1. The van der Waals surface area contributed by atoms with Gasteiger partial charge in [-0.1, -0.05) is 24.3 Å². The molecule has 2 aliphatic rings. The van der Waals surface area contributed by atoms with Crippen molar-refractivity contribution in [3.63, 3.8) is 0 Å². The van der Waals surface area contributed by atoms with Crippen LogP contribution in [0.4, 0.5) is 22.1 Å². The van der Waals surface area contributed by atoms with Crippen LogP contribution in [0.1, 0.15) is 25.3 Å². The van der Waals surface area contributed by atoms with Crippen LogP contribution in [0.15, 0.2) is 67.0 Å². The summed E-state index contributed by atoms with van der Waals surface area (Å²) in [6.07, 6.45) is 6.92. The van der Waals surface area contributed by atoms with Crippen LogP contribution >= 0.6 is 0 Å². The third-order valence-corrected chi connectivity index (χ3v) is 7.82. The molecule has 0 spiro atoms. The molecule has 2 N–H and O–H groups in total. The van der Waals surface area contributed by atoms with Crippen molar-refractivity contribution in [3.05, 3.63) is 72.6 Å². The number of hydrogen-bond acceptors (Lipinski definition) is 7. The van der Waals surface area contributed by atoms with E-state index in [0.717, 1.165) is 106 Å². The second-order valence-corrected chi connectivity index (χ2v) is 10.7. The Balaban J connectivity index is 1.17. The Hall–Kier alpha value is -4.28. The Morgan fingerprint density at radius 2 is 1.79 bits per heavy atom. The highest BCUT2D eigenvalue weighted by Crippen LogP contribution is 2.31. The number of carbonyl (C=O) groups is 1. The van der Waals surface area contributed by atoms with E-state index in [1.165, 1.54) is 5.56 Å². The number of rotatable bonds is 9. The molecule has 218 valence electrons. The van der Waals surface area contributed by atoms with Crippen LogP contribution in [0.2, 0.25) is 0 Å². The Bertz CT molecular complexity index is 1490. The van der Waals surface area contributed by atoms with E-state index in [9.17, 15) is 4.79 Å². The number of urea groups is 1. The minimum atomic E-state index is -0.0418. The van der Waals surface area contributed by atoms with Crippen LogP contribution in [0.3, 0.4) is 0 Å². The zero-order chi connectivity index (χ0) is 28.7. The van der Waals surface area contributed by atoms with Crippen LogP contribution in [0.25, 0.3) is 22.5 Å². The molecule has 0 aliphatic carbocycles. The standard InChI is InChI=1S/C32H38N8O2/c1-2-40-23-28(30(37-40)25-8-10-26(11-9-25)35-32(41)39-15-3-4-16-39)29-12-14-33-31(36-29)34-27-7-5-6-24(22-27)13-17-38-18-20-42-21-19-38/h5-12,14,22-23H,2-4,13,15-21H2,1H3,(H,35,41)(H,33,34,36). The number of benzene rings is 2. The van der Waals surface area contributed by atoms with E-state index < -0.39 is 0 Å². The Labute approximate surface area is 246 Å². The van der Waals surface area contributed by atoms with Crippen molar-refractivity contribution in [1.29, 1.82) is 0 Å². The highest BCUT2D eigenvalue weighted by atomic mass is 16.5. The number of amides is 2. The molecule has 2 saturated heterocycles. The molecule has 10 heteroatoms. The number of nitrogens with one attached hydrogen (secondary N) is 2. The largest absolute Gasteiger partial charge is 0.379 e. The van der Waals surface area contributed by atoms with E-state index in [0.29, 0.717) is 5.95 Å². The molecule has 6 rings (SSSR count). The Morgan fingerprint density at radius 3 is 2.57 bits per heavy atom. The molecule has 0 bridgehead atoms. The molecule has 2 amide bonds. The van der Waals surface area contributed by atoms with Gasteiger partial charge in [0.05, 0.1) is 18.9 Å². The van der Waals surface area contributed by atoms with Gasteiger partial charge in [0, 0.05) is 74.2 Å². The van der Waals surface area contributed by atoms with Crippen LogP contribution in [-0.4, -0.2) is 81.5 Å². The maximum absolute atomic E-state index is 12.5. The fourth-order valence-corrected chi connectivity index (χ4v) is 5.43. The zero-order valence-electron chi connectivity index (χ0n) is 24.1. The van der Waals surface area contributed by atoms with Crippen molar-refractivity contribution in [2.45, 2.75) is 32.7 Å². The molecule has 0 unspecified atom stereocenters. The molecule has 2 aromatic carbocycles. The predicted octanol–water partition coefficient (Wildman–Crippen LogP) is 5.27. The van der Waals surface area contributed by atoms with Gasteiger partial charge in [-0.3, -0.25) is 9.58 Å². The van der Waals surface area contributed by atoms with Crippen molar-refractivity contribution in [2.75, 3.05) is 56.6 Å². The minimum Gasteiger partial charge on any atom is -0.379 e. The zero-order valence-corrected chi connectivity index (χ0v) is 24.1. The van der Waals surface area contributed by atoms with Gasteiger partial charge in [-0.2, -0.15) is 5.10 Å². The van der Waals surface area contributed by atoms with E-state index >= 15 is 0 Å². The lowest BCUT2D eigenvalue weighted by Gasteiger charge is -2.26. The van der Waals surface area contributed by atoms with Gasteiger partial charge < -0.3 is 20.3 Å². The van der Waals surface area contributed by atoms with Crippen molar-refractivity contribution in [2.24, 2.45) is 0 Å². The summed E-state index contributed by atoms with van der Waals surface area (Å²) in [6, 6.07) is 18.2. The summed E-state index contributed by atoms with van der Waals surface area (Å²) in [4.78, 5) is 26.2. The average Bonchev–Trinajstić information content (AvgIpc) is 3.73. The van der Waals surface area contributed by atoms with Gasteiger partial charge in [0.2, 0.25) is 5.95 Å². The first-order chi connectivity index (χ1) is 20.6. The van der Waals surface area contributed by atoms with E-state index in [2.05, 4.69) is 45.6 Å². The summed E-state index contributed by atoms with van der Waals surface area (Å²) in [5.74, 6) is 0.535. The second kappa shape index (κ2) is 13.1. The first-order valence-electron chi connectivity index (χ1n) is 14.9. The maximum atomic E-state index is 12.5. The normalized spacial score (nSPS) is 15.6. The summed E-state index contributed by atoms with van der Waals surface area (Å²) in [7, 11) is 0. The quantitative estimate of drug-likeness (QED) is 0.285. The van der Waals surface area contributed by atoms with Crippen molar-refractivity contribution < 1.29 is 9.53 Å². The maximum Gasteiger partial charge on any atom is 0.321 e. The summed E-state index contributed by atoms with van der Waals surface area (Å²) in [5, 5.41) is 11.2. The molecule has 0 radical (unpaired) electrons. The van der Waals surface area contributed by atoms with Gasteiger partial charge in [-0.05, 0) is 62.1 Å². The van der Waals surface area contributed by atoms with E-state index in [1.54, 1.807) is 6.20 Å². The summed E-state index contributed by atoms with van der Waals surface area (Å²) >= 11 is 0. The number of aromatic nitrogens is 4. The van der Waals surface area contributed by atoms with Crippen molar-refractivity contribution in [1.82, 2.24) is 29.5 Å². The van der Waals surface area contributed by atoms with Crippen LogP contribution in [0, 0.1) is 0 Å². The Kier molecular flexibility index (Phi) is 8.72. The molecule has 2 aliphatic heterocycles.